The summed E-state index contributed by atoms with van der Waals surface area (Å²) in [7, 11) is 0. The fourth-order valence-corrected chi connectivity index (χ4v) is 5.61. The summed E-state index contributed by atoms with van der Waals surface area (Å²) in [5.74, 6) is 0.992. The van der Waals surface area contributed by atoms with E-state index in [2.05, 4.69) is 64.1 Å². The summed E-state index contributed by atoms with van der Waals surface area (Å²) in [6.07, 6.45) is 8.12. The molecule has 5 rings (SSSR count). The number of aliphatic imine (C=N–C) groups is 1. The van der Waals surface area contributed by atoms with Gasteiger partial charge in [-0.05, 0) is 55.7 Å². The molecular weight excluding hydrogens is 402 g/mol. The third-order valence-electron chi connectivity index (χ3n) is 7.11. The summed E-state index contributed by atoms with van der Waals surface area (Å²) < 4.78 is 0. The SMILES string of the molecule is CCNC(=NCCc1c[nH]c2cc(C)ccc12)NCCN1C(=O)C2C3C=CC(C3)C2C1=O. The van der Waals surface area contributed by atoms with Crippen molar-refractivity contribution in [2.45, 2.75) is 26.7 Å². The first kappa shape index (κ1) is 20.8. The molecule has 4 atom stereocenters. The highest BCUT2D eigenvalue weighted by atomic mass is 16.2. The van der Waals surface area contributed by atoms with Crippen molar-refractivity contribution in [2.24, 2.45) is 28.7 Å². The molecule has 0 radical (unpaired) electrons. The maximum atomic E-state index is 12.8. The van der Waals surface area contributed by atoms with E-state index in [1.165, 1.54) is 21.4 Å². The van der Waals surface area contributed by atoms with E-state index in [1.54, 1.807) is 0 Å². The lowest BCUT2D eigenvalue weighted by Gasteiger charge is -2.18. The maximum Gasteiger partial charge on any atom is 0.233 e. The predicted octanol–water partition coefficient (Wildman–Crippen LogP) is 2.38. The molecule has 1 aliphatic heterocycles. The highest BCUT2D eigenvalue weighted by Crippen LogP contribution is 2.52. The smallest absolute Gasteiger partial charge is 0.233 e. The van der Waals surface area contributed by atoms with Crippen molar-refractivity contribution in [3.8, 4) is 0 Å². The second-order valence-electron chi connectivity index (χ2n) is 9.13. The van der Waals surface area contributed by atoms with Gasteiger partial charge in [0.2, 0.25) is 11.8 Å². The molecule has 2 amide bonds. The zero-order valence-electron chi connectivity index (χ0n) is 18.7. The zero-order valence-corrected chi connectivity index (χ0v) is 18.7. The highest BCUT2D eigenvalue weighted by molar-refractivity contribution is 6.06. The van der Waals surface area contributed by atoms with Crippen LogP contribution < -0.4 is 10.6 Å². The average molecular weight is 434 g/mol. The Hall–Kier alpha value is -3.09. The molecule has 32 heavy (non-hydrogen) atoms. The molecule has 2 fully saturated rings. The third-order valence-corrected chi connectivity index (χ3v) is 7.11. The van der Waals surface area contributed by atoms with E-state index in [0.717, 1.165) is 24.9 Å². The topological polar surface area (TPSA) is 89.6 Å². The number of hydrogen-bond donors (Lipinski definition) is 3. The van der Waals surface area contributed by atoms with Gasteiger partial charge in [0.15, 0.2) is 5.96 Å². The maximum absolute atomic E-state index is 12.8. The van der Waals surface area contributed by atoms with Crippen LogP contribution in [0.25, 0.3) is 10.9 Å². The van der Waals surface area contributed by atoms with Crippen molar-refractivity contribution < 1.29 is 9.59 Å². The molecule has 2 aliphatic carbocycles. The number of amides is 2. The minimum Gasteiger partial charge on any atom is -0.361 e. The molecule has 3 aliphatic rings. The van der Waals surface area contributed by atoms with E-state index in [1.807, 2.05) is 6.92 Å². The number of rotatable bonds is 7. The molecule has 2 aromatic rings. The van der Waals surface area contributed by atoms with Crippen LogP contribution in [0.5, 0.6) is 0 Å². The standard InChI is InChI=1S/C25H31N5O2/c1-3-26-25(27-9-8-18-14-29-20-12-15(2)4-7-19(18)20)28-10-11-30-23(31)21-16-5-6-17(13-16)22(21)24(30)32/h4-7,12,14,16-17,21-22,29H,3,8-11,13H2,1-2H3,(H2,26,27,28). The molecule has 4 unspecified atom stereocenters. The summed E-state index contributed by atoms with van der Waals surface area (Å²) in [6, 6.07) is 6.44. The van der Waals surface area contributed by atoms with Gasteiger partial charge in [0.25, 0.3) is 0 Å². The molecule has 2 bridgehead atoms. The minimum absolute atomic E-state index is 0.00941. The number of carbonyl (C=O) groups excluding carboxylic acids is 2. The Balaban J connectivity index is 1.16. The number of aromatic nitrogens is 1. The molecule has 7 nitrogen and oxygen atoms in total. The zero-order chi connectivity index (χ0) is 22.2. The van der Waals surface area contributed by atoms with Crippen LogP contribution in [0.2, 0.25) is 0 Å². The highest BCUT2D eigenvalue weighted by Gasteiger charge is 2.58. The van der Waals surface area contributed by atoms with E-state index in [-0.39, 0.29) is 35.5 Å². The number of benzene rings is 1. The Labute approximate surface area is 188 Å². The van der Waals surface area contributed by atoms with Crippen molar-refractivity contribution in [1.82, 2.24) is 20.5 Å². The number of hydrogen-bond acceptors (Lipinski definition) is 3. The summed E-state index contributed by atoms with van der Waals surface area (Å²) >= 11 is 0. The van der Waals surface area contributed by atoms with E-state index in [9.17, 15) is 9.59 Å². The number of fused-ring (bicyclic) bond motifs is 6. The fourth-order valence-electron chi connectivity index (χ4n) is 5.61. The Kier molecular flexibility index (Phi) is 5.49. The number of carbonyl (C=O) groups is 2. The monoisotopic (exact) mass is 433 g/mol. The molecule has 3 N–H and O–H groups in total. The summed E-state index contributed by atoms with van der Waals surface area (Å²) in [5, 5.41) is 7.78. The lowest BCUT2D eigenvalue weighted by molar-refractivity contribution is -0.140. The first-order chi connectivity index (χ1) is 15.6. The first-order valence-electron chi connectivity index (χ1n) is 11.7. The fraction of sp³-hybridized carbons (Fsp3) is 0.480. The third kappa shape index (κ3) is 3.59. The molecule has 168 valence electrons. The van der Waals surface area contributed by atoms with Crippen LogP contribution in [0.4, 0.5) is 0 Å². The van der Waals surface area contributed by atoms with Gasteiger partial charge < -0.3 is 15.6 Å². The number of guanidine groups is 1. The number of H-pyrrole nitrogens is 1. The number of aryl methyl sites for hydroxylation is 1. The second-order valence-corrected chi connectivity index (χ2v) is 9.13. The van der Waals surface area contributed by atoms with Crippen LogP contribution in [0.3, 0.4) is 0 Å². The molecule has 1 aromatic carbocycles. The van der Waals surface area contributed by atoms with Crippen LogP contribution >= 0.6 is 0 Å². The molecule has 1 saturated heterocycles. The van der Waals surface area contributed by atoms with Crippen molar-refractivity contribution >= 4 is 28.7 Å². The summed E-state index contributed by atoms with van der Waals surface area (Å²) in [6.45, 7) is 6.40. The number of nitrogens with one attached hydrogen (secondary N) is 3. The number of allylic oxidation sites excluding steroid dienone is 2. The van der Waals surface area contributed by atoms with Crippen molar-refractivity contribution in [1.29, 1.82) is 0 Å². The molecule has 1 aromatic heterocycles. The minimum atomic E-state index is -0.126. The van der Waals surface area contributed by atoms with Gasteiger partial charge in [0.1, 0.15) is 0 Å². The Morgan fingerprint density at radius 3 is 2.62 bits per heavy atom. The second kappa shape index (κ2) is 8.45. The molecule has 2 heterocycles. The van der Waals surface area contributed by atoms with Gasteiger partial charge >= 0.3 is 0 Å². The molecule has 1 saturated carbocycles. The Morgan fingerprint density at radius 1 is 1.16 bits per heavy atom. The van der Waals surface area contributed by atoms with Gasteiger partial charge in [-0.25, -0.2) is 0 Å². The lowest BCUT2D eigenvalue weighted by atomic mass is 9.85. The van der Waals surface area contributed by atoms with E-state index in [4.69, 9.17) is 0 Å². The van der Waals surface area contributed by atoms with E-state index in [0.29, 0.717) is 25.6 Å². The van der Waals surface area contributed by atoms with Crippen molar-refractivity contribution in [2.75, 3.05) is 26.2 Å². The first-order valence-corrected chi connectivity index (χ1v) is 11.7. The van der Waals surface area contributed by atoms with E-state index >= 15 is 0 Å². The Morgan fingerprint density at radius 2 is 1.91 bits per heavy atom. The predicted molar refractivity (Wildman–Crippen MR) is 125 cm³/mol. The number of likely N-dealkylation sites (tertiary alicyclic amines) is 1. The Bertz CT molecular complexity index is 1070. The largest absolute Gasteiger partial charge is 0.361 e. The quantitative estimate of drug-likeness (QED) is 0.271. The van der Waals surface area contributed by atoms with Crippen molar-refractivity contribution in [3.05, 3.63) is 47.7 Å². The van der Waals surface area contributed by atoms with Crippen LogP contribution in [0.15, 0.2) is 41.5 Å². The normalized spacial score (nSPS) is 26.4. The van der Waals surface area contributed by atoms with Crippen molar-refractivity contribution in [3.63, 3.8) is 0 Å². The molecule has 0 spiro atoms. The van der Waals surface area contributed by atoms with Gasteiger partial charge in [0, 0.05) is 43.3 Å². The van der Waals surface area contributed by atoms with E-state index < -0.39 is 0 Å². The van der Waals surface area contributed by atoms with Gasteiger partial charge in [-0.3, -0.25) is 19.5 Å². The molecular formula is C25H31N5O2. The van der Waals surface area contributed by atoms with Gasteiger partial charge in [-0.2, -0.15) is 0 Å². The summed E-state index contributed by atoms with van der Waals surface area (Å²) in [5.41, 5.74) is 3.65. The average Bonchev–Trinajstić information content (AvgIpc) is 3.54. The van der Waals surface area contributed by atoms with Crippen LogP contribution in [-0.4, -0.2) is 53.8 Å². The lowest BCUT2D eigenvalue weighted by Crippen LogP contribution is -2.43. The van der Waals surface area contributed by atoms with Gasteiger partial charge in [-0.15, -0.1) is 0 Å². The summed E-state index contributed by atoms with van der Waals surface area (Å²) in [4.78, 5) is 35.1. The number of imide groups is 1. The van der Waals surface area contributed by atoms with Gasteiger partial charge in [-0.1, -0.05) is 24.3 Å². The van der Waals surface area contributed by atoms with Gasteiger partial charge in [0.05, 0.1) is 11.8 Å². The number of nitrogens with zero attached hydrogens (tertiary/aromatic N) is 2. The van der Waals surface area contributed by atoms with Crippen LogP contribution in [0.1, 0.15) is 24.5 Å². The van der Waals surface area contributed by atoms with Crippen LogP contribution in [0, 0.1) is 30.6 Å². The van der Waals surface area contributed by atoms with Crippen LogP contribution in [-0.2, 0) is 16.0 Å². The number of aromatic amines is 1. The molecule has 7 heteroatoms.